The number of rotatable bonds is 7. The first-order valence-electron chi connectivity index (χ1n) is 11.9. The van der Waals surface area contributed by atoms with E-state index in [-0.39, 0.29) is 6.10 Å². The Bertz CT molecular complexity index is 1270. The highest BCUT2D eigenvalue weighted by Gasteiger charge is 2.29. The quantitative estimate of drug-likeness (QED) is 0.345. The first kappa shape index (κ1) is 24.3. The van der Waals surface area contributed by atoms with E-state index in [0.717, 1.165) is 65.3 Å². The molecule has 34 heavy (non-hydrogen) atoms. The van der Waals surface area contributed by atoms with Crippen molar-refractivity contribution in [2.75, 3.05) is 19.7 Å². The van der Waals surface area contributed by atoms with Crippen LogP contribution in [0.25, 0.3) is 11.0 Å². The van der Waals surface area contributed by atoms with E-state index in [1.54, 1.807) is 28.2 Å². The molecule has 0 N–H and O–H groups in total. The predicted molar refractivity (Wildman–Crippen MR) is 140 cm³/mol. The van der Waals surface area contributed by atoms with Gasteiger partial charge in [0, 0.05) is 29.9 Å². The van der Waals surface area contributed by atoms with Crippen LogP contribution >= 0.6 is 27.7 Å². The number of piperidine rings is 1. The largest absolute Gasteiger partial charge is 0.376 e. The number of ether oxygens (including phenoxy) is 1. The third-order valence-corrected chi connectivity index (χ3v) is 10.0. The van der Waals surface area contributed by atoms with Crippen LogP contribution in [0, 0.1) is 5.92 Å². The summed E-state index contributed by atoms with van der Waals surface area (Å²) in [5.41, 5.74) is 2.89. The number of fused-ring (bicyclic) bond motifs is 1. The van der Waals surface area contributed by atoms with Crippen LogP contribution in [-0.2, 0) is 27.1 Å². The third kappa shape index (κ3) is 5.23. The van der Waals surface area contributed by atoms with Gasteiger partial charge in [-0.3, -0.25) is 0 Å². The molecule has 182 valence electrons. The number of nitrogens with zero attached hydrogens (tertiary/aromatic N) is 3. The second-order valence-corrected chi connectivity index (χ2v) is 13.1. The predicted octanol–water partition coefficient (Wildman–Crippen LogP) is 5.69. The number of aromatic nitrogens is 2. The summed E-state index contributed by atoms with van der Waals surface area (Å²) in [6.07, 6.45) is 4.27. The minimum atomic E-state index is -3.53. The molecule has 2 atom stereocenters. The molecule has 6 nitrogen and oxygen atoms in total. The maximum atomic E-state index is 13.4. The molecule has 0 bridgehead atoms. The summed E-state index contributed by atoms with van der Waals surface area (Å²) in [5.74, 6) is 1.17. The molecule has 0 spiro atoms. The highest BCUT2D eigenvalue weighted by atomic mass is 79.9. The van der Waals surface area contributed by atoms with Crippen LogP contribution in [0.2, 0.25) is 0 Å². The SMILES string of the molecule is C[C@H]1CCCN(S(=O)(=O)c2ccc3c(c2)nc(SCc2cccc(Br)c2)n3C[C@@H]2CCCO2)C1. The number of hydrogen-bond acceptors (Lipinski definition) is 5. The van der Waals surface area contributed by atoms with Gasteiger partial charge < -0.3 is 9.30 Å². The lowest BCUT2D eigenvalue weighted by Crippen LogP contribution is -2.39. The van der Waals surface area contributed by atoms with Crippen LogP contribution in [0.3, 0.4) is 0 Å². The molecule has 3 aromatic rings. The number of halogens is 1. The molecule has 2 aliphatic heterocycles. The normalized spacial score (nSPS) is 21.9. The van der Waals surface area contributed by atoms with Gasteiger partial charge in [0.15, 0.2) is 5.16 Å². The van der Waals surface area contributed by atoms with Gasteiger partial charge in [0.25, 0.3) is 0 Å². The molecule has 2 aliphatic rings. The Balaban J connectivity index is 1.47. The summed E-state index contributed by atoms with van der Waals surface area (Å²) < 4.78 is 37.5. The standard InChI is InChI=1S/C25H30BrN3O3S2/c1-18-5-3-11-28(15-18)34(30,31)22-9-10-24-23(14-22)27-25(29(24)16-21-8-4-12-32-21)33-17-19-6-2-7-20(26)13-19/h2,6-7,9-10,13-14,18,21H,3-5,8,11-12,15-17H2,1H3/t18-,21-/m0/s1. The highest BCUT2D eigenvalue weighted by Crippen LogP contribution is 2.32. The van der Waals surface area contributed by atoms with Crippen molar-refractivity contribution in [1.82, 2.24) is 13.9 Å². The van der Waals surface area contributed by atoms with Crippen molar-refractivity contribution in [2.45, 2.75) is 61.1 Å². The zero-order valence-electron chi connectivity index (χ0n) is 19.3. The molecule has 5 rings (SSSR count). The second kappa shape index (κ2) is 10.3. The van der Waals surface area contributed by atoms with Crippen LogP contribution in [-0.4, -0.2) is 48.1 Å². The summed E-state index contributed by atoms with van der Waals surface area (Å²) in [7, 11) is -3.53. The fourth-order valence-corrected chi connectivity index (χ4v) is 7.85. The lowest BCUT2D eigenvalue weighted by molar-refractivity contribution is 0.0960. The van der Waals surface area contributed by atoms with Gasteiger partial charge in [0.05, 0.1) is 28.6 Å². The van der Waals surface area contributed by atoms with E-state index in [9.17, 15) is 8.42 Å². The van der Waals surface area contributed by atoms with Crippen LogP contribution in [0.5, 0.6) is 0 Å². The van der Waals surface area contributed by atoms with E-state index in [1.807, 2.05) is 18.2 Å². The van der Waals surface area contributed by atoms with E-state index in [4.69, 9.17) is 9.72 Å². The molecule has 3 heterocycles. The Labute approximate surface area is 214 Å². The second-order valence-electron chi connectivity index (χ2n) is 9.32. The Morgan fingerprint density at radius 1 is 1.18 bits per heavy atom. The van der Waals surface area contributed by atoms with Crippen molar-refractivity contribution >= 4 is 48.7 Å². The van der Waals surface area contributed by atoms with Gasteiger partial charge in [-0.05, 0) is 67.5 Å². The molecular formula is C25H30BrN3O3S2. The summed E-state index contributed by atoms with van der Waals surface area (Å²) >= 11 is 5.22. The zero-order valence-corrected chi connectivity index (χ0v) is 22.5. The van der Waals surface area contributed by atoms with Gasteiger partial charge in [-0.25, -0.2) is 13.4 Å². The molecule has 2 aromatic carbocycles. The Morgan fingerprint density at radius 3 is 2.82 bits per heavy atom. The zero-order chi connectivity index (χ0) is 23.7. The Hall–Kier alpha value is -1.39. The van der Waals surface area contributed by atoms with E-state index < -0.39 is 10.0 Å². The number of benzene rings is 2. The smallest absolute Gasteiger partial charge is 0.243 e. The molecule has 0 unspecified atom stereocenters. The van der Waals surface area contributed by atoms with E-state index in [0.29, 0.717) is 23.9 Å². The molecule has 0 amide bonds. The molecule has 9 heteroatoms. The van der Waals surface area contributed by atoms with E-state index in [1.165, 1.54) is 5.56 Å². The monoisotopic (exact) mass is 563 g/mol. The third-order valence-electron chi connectivity index (χ3n) is 6.61. The molecule has 2 saturated heterocycles. The minimum Gasteiger partial charge on any atom is -0.376 e. The first-order valence-corrected chi connectivity index (χ1v) is 15.1. The molecule has 0 radical (unpaired) electrons. The average Bonchev–Trinajstić information content (AvgIpc) is 3.46. The van der Waals surface area contributed by atoms with Gasteiger partial charge in [-0.1, -0.05) is 46.7 Å². The minimum absolute atomic E-state index is 0.167. The summed E-state index contributed by atoms with van der Waals surface area (Å²) in [6, 6.07) is 13.7. The number of imidazole rings is 1. The maximum absolute atomic E-state index is 13.4. The first-order chi connectivity index (χ1) is 16.4. The van der Waals surface area contributed by atoms with Crippen molar-refractivity contribution in [1.29, 1.82) is 0 Å². The van der Waals surface area contributed by atoms with Crippen LogP contribution in [0.1, 0.15) is 38.2 Å². The Kier molecular flexibility index (Phi) is 7.37. The number of sulfonamides is 1. The van der Waals surface area contributed by atoms with Crippen molar-refractivity contribution in [2.24, 2.45) is 5.92 Å². The summed E-state index contributed by atoms with van der Waals surface area (Å²) in [4.78, 5) is 5.23. The van der Waals surface area contributed by atoms with Gasteiger partial charge in [0.1, 0.15) is 0 Å². The molecule has 2 fully saturated rings. The van der Waals surface area contributed by atoms with E-state index >= 15 is 0 Å². The lowest BCUT2D eigenvalue weighted by atomic mass is 10.0. The fourth-order valence-electron chi connectivity index (χ4n) is 4.81. The molecule has 0 saturated carbocycles. The number of hydrogen-bond donors (Lipinski definition) is 0. The average molecular weight is 565 g/mol. The van der Waals surface area contributed by atoms with Crippen molar-refractivity contribution < 1.29 is 13.2 Å². The van der Waals surface area contributed by atoms with Crippen molar-refractivity contribution in [3.05, 3.63) is 52.5 Å². The summed E-state index contributed by atoms with van der Waals surface area (Å²) in [6.45, 7) is 4.82. The maximum Gasteiger partial charge on any atom is 0.243 e. The van der Waals surface area contributed by atoms with E-state index in [2.05, 4.69) is 39.6 Å². The topological polar surface area (TPSA) is 64.4 Å². The molecule has 1 aromatic heterocycles. The van der Waals surface area contributed by atoms with Crippen LogP contribution in [0.15, 0.2) is 57.0 Å². The molecule has 0 aliphatic carbocycles. The van der Waals surface area contributed by atoms with Crippen LogP contribution < -0.4 is 0 Å². The van der Waals surface area contributed by atoms with Crippen molar-refractivity contribution in [3.63, 3.8) is 0 Å². The number of thioether (sulfide) groups is 1. The van der Waals surface area contributed by atoms with Gasteiger partial charge in [-0.15, -0.1) is 0 Å². The van der Waals surface area contributed by atoms with Gasteiger partial charge in [-0.2, -0.15) is 4.31 Å². The van der Waals surface area contributed by atoms with Crippen LogP contribution in [0.4, 0.5) is 0 Å². The van der Waals surface area contributed by atoms with Crippen molar-refractivity contribution in [3.8, 4) is 0 Å². The fraction of sp³-hybridized carbons (Fsp3) is 0.480. The Morgan fingerprint density at radius 2 is 2.06 bits per heavy atom. The highest BCUT2D eigenvalue weighted by molar-refractivity contribution is 9.10. The summed E-state index contributed by atoms with van der Waals surface area (Å²) in [5, 5.41) is 0.895. The lowest BCUT2D eigenvalue weighted by Gasteiger charge is -2.30. The molecular weight excluding hydrogens is 534 g/mol. The van der Waals surface area contributed by atoms with Gasteiger partial charge >= 0.3 is 0 Å². The van der Waals surface area contributed by atoms with Gasteiger partial charge in [0.2, 0.25) is 10.0 Å².